The minimum absolute atomic E-state index is 0.0815. The lowest BCUT2D eigenvalue weighted by molar-refractivity contribution is 0.291. The molecule has 0 saturated heterocycles. The van der Waals surface area contributed by atoms with Gasteiger partial charge in [-0.15, -0.1) is 11.3 Å². The predicted molar refractivity (Wildman–Crippen MR) is 68.7 cm³/mol. The summed E-state index contributed by atoms with van der Waals surface area (Å²) in [6.07, 6.45) is 0.857. The number of hydrogen-bond donors (Lipinski definition) is 0. The van der Waals surface area contributed by atoms with Crippen molar-refractivity contribution in [2.75, 3.05) is 6.61 Å². The summed E-state index contributed by atoms with van der Waals surface area (Å²) in [6, 6.07) is 5.76. The number of ether oxygens (including phenoxy) is 1. The van der Waals surface area contributed by atoms with Crippen LogP contribution >= 0.6 is 22.9 Å². The Morgan fingerprint density at radius 3 is 2.89 bits per heavy atom. The Kier molecular flexibility index (Phi) is 4.07. The second-order valence-electron chi connectivity index (χ2n) is 3.33. The van der Waals surface area contributed by atoms with Crippen molar-refractivity contribution in [3.8, 4) is 22.8 Å². The van der Waals surface area contributed by atoms with Gasteiger partial charge in [0, 0.05) is 0 Å². The number of thiophene rings is 1. The summed E-state index contributed by atoms with van der Waals surface area (Å²) in [5.74, 6) is 0.424. The molecule has 2 aromatic heterocycles. The first-order valence-corrected chi connectivity index (χ1v) is 6.47. The van der Waals surface area contributed by atoms with Crippen LogP contribution < -0.4 is 4.74 Å². The minimum atomic E-state index is 0.0815. The molecule has 0 bridgehead atoms. The third kappa shape index (κ3) is 2.94. The van der Waals surface area contributed by atoms with Crippen LogP contribution in [0.1, 0.15) is 18.2 Å². The molecule has 0 radical (unpaired) electrons. The summed E-state index contributed by atoms with van der Waals surface area (Å²) in [7, 11) is 0. The number of nitriles is 1. The fraction of sp³-hybridized carbons (Fsp3) is 0.273. The number of halogens is 1. The maximum absolute atomic E-state index is 8.78. The van der Waals surface area contributed by atoms with Gasteiger partial charge >= 0.3 is 6.01 Å². The van der Waals surface area contributed by atoms with Gasteiger partial charge in [0.2, 0.25) is 5.28 Å². The second-order valence-corrected chi connectivity index (χ2v) is 4.76. The van der Waals surface area contributed by atoms with Gasteiger partial charge in [-0.3, -0.25) is 0 Å². The molecule has 0 amide bonds. The first kappa shape index (κ1) is 12.7. The van der Waals surface area contributed by atoms with Gasteiger partial charge in [-0.2, -0.15) is 20.2 Å². The van der Waals surface area contributed by atoms with Gasteiger partial charge in [-0.25, -0.2) is 0 Å². The molecule has 18 heavy (non-hydrogen) atoms. The van der Waals surface area contributed by atoms with Crippen molar-refractivity contribution in [3.05, 3.63) is 22.3 Å². The molecule has 0 unspecified atom stereocenters. The van der Waals surface area contributed by atoms with Crippen molar-refractivity contribution in [3.63, 3.8) is 0 Å². The van der Waals surface area contributed by atoms with Gasteiger partial charge in [-0.05, 0) is 30.2 Å². The number of aromatic nitrogens is 3. The van der Waals surface area contributed by atoms with Crippen LogP contribution in [0.4, 0.5) is 0 Å². The molecule has 5 nitrogen and oxygen atoms in total. The third-order valence-corrected chi connectivity index (χ3v) is 3.11. The quantitative estimate of drug-likeness (QED) is 0.861. The van der Waals surface area contributed by atoms with Crippen molar-refractivity contribution >= 4 is 22.9 Å². The molecule has 2 aromatic rings. The minimum Gasteiger partial charge on any atom is -0.463 e. The molecule has 0 aliphatic heterocycles. The predicted octanol–water partition coefficient (Wildman–Crippen LogP) is 2.91. The number of nitrogens with zero attached hydrogens (tertiary/aromatic N) is 4. The Balaban J connectivity index is 2.32. The Labute approximate surface area is 113 Å². The average Bonchev–Trinajstić information content (AvgIpc) is 2.84. The van der Waals surface area contributed by atoms with E-state index in [1.165, 1.54) is 11.3 Å². The van der Waals surface area contributed by atoms with E-state index < -0.39 is 0 Å². The summed E-state index contributed by atoms with van der Waals surface area (Å²) in [5, 5.41) is 8.86. The number of rotatable bonds is 4. The van der Waals surface area contributed by atoms with E-state index >= 15 is 0 Å². The smallest absolute Gasteiger partial charge is 0.321 e. The fourth-order valence-corrected chi connectivity index (χ4v) is 2.11. The largest absolute Gasteiger partial charge is 0.463 e. The van der Waals surface area contributed by atoms with Gasteiger partial charge in [0.05, 0.1) is 11.5 Å². The lowest BCUT2D eigenvalue weighted by Crippen LogP contribution is -2.02. The zero-order chi connectivity index (χ0) is 13.0. The van der Waals surface area contributed by atoms with E-state index in [1.807, 2.05) is 6.92 Å². The van der Waals surface area contributed by atoms with Crippen LogP contribution in [0, 0.1) is 11.3 Å². The van der Waals surface area contributed by atoms with Crippen molar-refractivity contribution in [1.29, 1.82) is 5.26 Å². The maximum atomic E-state index is 8.78. The van der Waals surface area contributed by atoms with Crippen molar-refractivity contribution < 1.29 is 4.74 Å². The highest BCUT2D eigenvalue weighted by Gasteiger charge is 2.10. The molecular formula is C11H9ClN4OS. The first-order chi connectivity index (χ1) is 8.72. The van der Waals surface area contributed by atoms with E-state index in [4.69, 9.17) is 21.6 Å². The van der Waals surface area contributed by atoms with E-state index in [-0.39, 0.29) is 11.3 Å². The SMILES string of the molecule is CCCOc1nc(Cl)nc(-c2ccc(C#N)s2)n1. The van der Waals surface area contributed by atoms with Crippen molar-refractivity contribution in [2.24, 2.45) is 0 Å². The van der Waals surface area contributed by atoms with Crippen LogP contribution in [0.2, 0.25) is 5.28 Å². The molecule has 92 valence electrons. The van der Waals surface area contributed by atoms with Crippen molar-refractivity contribution in [1.82, 2.24) is 15.0 Å². The monoisotopic (exact) mass is 280 g/mol. The van der Waals surface area contributed by atoms with Crippen LogP contribution in [0.5, 0.6) is 6.01 Å². The van der Waals surface area contributed by atoms with Gasteiger partial charge in [0.1, 0.15) is 10.9 Å². The summed E-state index contributed by atoms with van der Waals surface area (Å²) < 4.78 is 5.32. The topological polar surface area (TPSA) is 71.7 Å². The zero-order valence-electron chi connectivity index (χ0n) is 9.55. The van der Waals surface area contributed by atoms with Crippen molar-refractivity contribution in [2.45, 2.75) is 13.3 Å². The van der Waals surface area contributed by atoms with Crippen LogP contribution in [0.15, 0.2) is 12.1 Å². The second kappa shape index (κ2) is 5.76. The third-order valence-electron chi connectivity index (χ3n) is 1.96. The molecular weight excluding hydrogens is 272 g/mol. The number of hydrogen-bond acceptors (Lipinski definition) is 6. The summed E-state index contributed by atoms with van der Waals surface area (Å²) >= 11 is 7.12. The summed E-state index contributed by atoms with van der Waals surface area (Å²) in [4.78, 5) is 13.4. The van der Waals surface area contributed by atoms with Crippen LogP contribution in [-0.2, 0) is 0 Å². The van der Waals surface area contributed by atoms with E-state index in [1.54, 1.807) is 12.1 Å². The molecule has 7 heteroatoms. The summed E-state index contributed by atoms with van der Waals surface area (Å²) in [5.41, 5.74) is 0. The van der Waals surface area contributed by atoms with E-state index in [0.717, 1.165) is 11.3 Å². The lowest BCUT2D eigenvalue weighted by atomic mass is 10.4. The Hall–Kier alpha value is -1.71. The highest BCUT2D eigenvalue weighted by molar-refractivity contribution is 7.15. The highest BCUT2D eigenvalue weighted by atomic mass is 35.5. The zero-order valence-corrected chi connectivity index (χ0v) is 11.1. The molecule has 0 spiro atoms. The van der Waals surface area contributed by atoms with Gasteiger partial charge in [-0.1, -0.05) is 6.92 Å². The molecule has 0 N–H and O–H groups in total. The van der Waals surface area contributed by atoms with Crippen LogP contribution in [0.3, 0.4) is 0 Å². The van der Waals surface area contributed by atoms with Gasteiger partial charge in [0.15, 0.2) is 5.82 Å². The van der Waals surface area contributed by atoms with E-state index in [2.05, 4.69) is 21.0 Å². The maximum Gasteiger partial charge on any atom is 0.321 e. The first-order valence-electron chi connectivity index (χ1n) is 5.27. The fourth-order valence-electron chi connectivity index (χ4n) is 1.22. The molecule has 0 atom stereocenters. The van der Waals surface area contributed by atoms with E-state index in [0.29, 0.717) is 17.3 Å². The van der Waals surface area contributed by atoms with E-state index in [9.17, 15) is 0 Å². The van der Waals surface area contributed by atoms with Crippen LogP contribution in [-0.4, -0.2) is 21.6 Å². The van der Waals surface area contributed by atoms with Gasteiger partial charge < -0.3 is 4.74 Å². The normalized spacial score (nSPS) is 10.1. The Morgan fingerprint density at radius 2 is 2.22 bits per heavy atom. The average molecular weight is 281 g/mol. The molecule has 2 heterocycles. The van der Waals surface area contributed by atoms with Crippen LogP contribution in [0.25, 0.3) is 10.7 Å². The Bertz CT molecular complexity index is 593. The standard InChI is InChI=1S/C11H9ClN4OS/c1-2-5-17-11-15-9(14-10(12)16-11)8-4-3-7(6-13)18-8/h3-4H,2,5H2,1H3. The molecule has 2 rings (SSSR count). The highest BCUT2D eigenvalue weighted by Crippen LogP contribution is 2.26. The van der Waals surface area contributed by atoms with Gasteiger partial charge in [0.25, 0.3) is 0 Å². The molecule has 0 aliphatic carbocycles. The molecule has 0 aliphatic rings. The molecule has 0 saturated carbocycles. The molecule has 0 fully saturated rings. The Morgan fingerprint density at radius 1 is 1.39 bits per heavy atom. The molecule has 0 aromatic carbocycles. The lowest BCUT2D eigenvalue weighted by Gasteiger charge is -2.03. The summed E-state index contributed by atoms with van der Waals surface area (Å²) in [6.45, 7) is 2.51.